The van der Waals surface area contributed by atoms with Gasteiger partial charge in [0.15, 0.2) is 0 Å². The summed E-state index contributed by atoms with van der Waals surface area (Å²) in [5, 5.41) is 0. The van der Waals surface area contributed by atoms with Gasteiger partial charge >= 0.3 is 0 Å². The molecule has 2 unspecified atom stereocenters. The molecule has 1 aliphatic heterocycles. The SMILES string of the molecule is CC(Br)CC1CCCCN1Cc1cc(F)cc(F)c1. The zero-order valence-electron chi connectivity index (χ0n) is 11.2. The van der Waals surface area contributed by atoms with E-state index in [1.807, 2.05) is 0 Å². The number of hydrogen-bond acceptors (Lipinski definition) is 1. The first-order valence-electron chi connectivity index (χ1n) is 6.87. The highest BCUT2D eigenvalue weighted by Gasteiger charge is 2.23. The van der Waals surface area contributed by atoms with Crippen molar-refractivity contribution in [2.75, 3.05) is 6.54 Å². The summed E-state index contributed by atoms with van der Waals surface area (Å²) in [6, 6.07) is 4.31. The van der Waals surface area contributed by atoms with Crippen molar-refractivity contribution in [3.63, 3.8) is 0 Å². The molecule has 1 fully saturated rings. The van der Waals surface area contributed by atoms with Crippen LogP contribution in [-0.4, -0.2) is 22.3 Å². The first-order chi connectivity index (χ1) is 9.04. The van der Waals surface area contributed by atoms with Crippen LogP contribution in [0.2, 0.25) is 0 Å². The van der Waals surface area contributed by atoms with Gasteiger partial charge in [-0.2, -0.15) is 0 Å². The van der Waals surface area contributed by atoms with E-state index in [-0.39, 0.29) is 0 Å². The Balaban J connectivity index is 2.06. The second-order valence-electron chi connectivity index (χ2n) is 5.41. The van der Waals surface area contributed by atoms with Crippen LogP contribution >= 0.6 is 15.9 Å². The van der Waals surface area contributed by atoms with Crippen molar-refractivity contribution >= 4 is 15.9 Å². The van der Waals surface area contributed by atoms with Crippen LogP contribution < -0.4 is 0 Å². The molecule has 0 saturated carbocycles. The van der Waals surface area contributed by atoms with E-state index in [0.29, 0.717) is 17.4 Å². The highest BCUT2D eigenvalue weighted by atomic mass is 79.9. The largest absolute Gasteiger partial charge is 0.296 e. The van der Waals surface area contributed by atoms with E-state index in [1.165, 1.54) is 31.4 Å². The molecule has 2 rings (SSSR count). The van der Waals surface area contributed by atoms with Crippen molar-refractivity contribution in [3.8, 4) is 0 Å². The van der Waals surface area contributed by atoms with E-state index in [1.54, 1.807) is 0 Å². The van der Waals surface area contributed by atoms with Crippen molar-refractivity contribution in [3.05, 3.63) is 35.4 Å². The van der Waals surface area contributed by atoms with Crippen LogP contribution in [0.3, 0.4) is 0 Å². The van der Waals surface area contributed by atoms with E-state index in [9.17, 15) is 8.78 Å². The quantitative estimate of drug-likeness (QED) is 0.734. The van der Waals surface area contributed by atoms with Gasteiger partial charge in [-0.15, -0.1) is 0 Å². The van der Waals surface area contributed by atoms with Crippen molar-refractivity contribution < 1.29 is 8.78 Å². The zero-order valence-corrected chi connectivity index (χ0v) is 12.8. The van der Waals surface area contributed by atoms with E-state index in [0.717, 1.165) is 24.6 Å². The van der Waals surface area contributed by atoms with Gasteiger partial charge in [0, 0.05) is 23.5 Å². The summed E-state index contributed by atoms with van der Waals surface area (Å²) in [6.07, 6.45) is 4.68. The average Bonchev–Trinajstić information content (AvgIpc) is 2.29. The molecule has 19 heavy (non-hydrogen) atoms. The van der Waals surface area contributed by atoms with Crippen LogP contribution in [0.4, 0.5) is 8.78 Å². The predicted octanol–water partition coefficient (Wildman–Crippen LogP) is 4.49. The Hall–Kier alpha value is -0.480. The molecule has 0 aliphatic carbocycles. The first kappa shape index (κ1) is 14.9. The lowest BCUT2D eigenvalue weighted by atomic mass is 9.97. The summed E-state index contributed by atoms with van der Waals surface area (Å²) < 4.78 is 26.4. The Morgan fingerprint density at radius 1 is 1.26 bits per heavy atom. The van der Waals surface area contributed by atoms with Crippen LogP contribution in [-0.2, 0) is 6.54 Å². The van der Waals surface area contributed by atoms with Crippen molar-refractivity contribution in [2.45, 2.75) is 50.0 Å². The highest BCUT2D eigenvalue weighted by molar-refractivity contribution is 9.09. The van der Waals surface area contributed by atoms with Crippen LogP contribution in [0.25, 0.3) is 0 Å². The minimum Gasteiger partial charge on any atom is -0.296 e. The second kappa shape index (κ2) is 6.80. The third-order valence-corrected chi connectivity index (χ3v) is 4.03. The number of piperidine rings is 1. The topological polar surface area (TPSA) is 3.24 Å². The Morgan fingerprint density at radius 2 is 1.95 bits per heavy atom. The smallest absolute Gasteiger partial charge is 0.126 e. The molecule has 0 bridgehead atoms. The Morgan fingerprint density at radius 3 is 2.58 bits per heavy atom. The van der Waals surface area contributed by atoms with Gasteiger partial charge in [-0.1, -0.05) is 29.3 Å². The summed E-state index contributed by atoms with van der Waals surface area (Å²) in [4.78, 5) is 2.83. The standard InChI is InChI=1S/C15H20BrF2N/c1-11(16)6-15-4-2-3-5-19(15)10-12-7-13(17)9-14(18)8-12/h7-9,11,15H,2-6,10H2,1H3. The normalized spacial score (nSPS) is 22.4. The van der Waals surface area contributed by atoms with Gasteiger partial charge in [-0.3, -0.25) is 4.90 Å². The van der Waals surface area contributed by atoms with E-state index < -0.39 is 11.6 Å². The van der Waals surface area contributed by atoms with Crippen LogP contribution in [0.1, 0.15) is 38.2 Å². The molecule has 1 nitrogen and oxygen atoms in total. The molecule has 0 N–H and O–H groups in total. The lowest BCUT2D eigenvalue weighted by Crippen LogP contribution is -2.40. The molecular weight excluding hydrogens is 312 g/mol. The van der Waals surface area contributed by atoms with Crippen molar-refractivity contribution in [1.82, 2.24) is 4.90 Å². The van der Waals surface area contributed by atoms with Gasteiger partial charge in [0.05, 0.1) is 0 Å². The molecule has 1 aromatic carbocycles. The molecule has 1 aromatic rings. The Bertz CT molecular complexity index is 402. The average molecular weight is 332 g/mol. The highest BCUT2D eigenvalue weighted by Crippen LogP contribution is 2.25. The molecule has 0 aromatic heterocycles. The summed E-state index contributed by atoms with van der Waals surface area (Å²) in [5.74, 6) is -0.977. The van der Waals surface area contributed by atoms with Gasteiger partial charge < -0.3 is 0 Å². The monoisotopic (exact) mass is 331 g/mol. The Labute approximate surface area is 122 Å². The van der Waals surface area contributed by atoms with E-state index in [4.69, 9.17) is 0 Å². The lowest BCUT2D eigenvalue weighted by Gasteiger charge is -2.36. The molecule has 1 aliphatic rings. The molecular formula is C15H20BrF2N. The number of benzene rings is 1. The summed E-state index contributed by atoms with van der Waals surface area (Å²) >= 11 is 3.60. The van der Waals surface area contributed by atoms with E-state index >= 15 is 0 Å². The van der Waals surface area contributed by atoms with Gasteiger partial charge in [0.25, 0.3) is 0 Å². The molecule has 0 amide bonds. The fourth-order valence-electron chi connectivity index (χ4n) is 2.85. The number of nitrogens with zero attached hydrogens (tertiary/aromatic N) is 1. The molecule has 0 spiro atoms. The fourth-order valence-corrected chi connectivity index (χ4v) is 3.28. The van der Waals surface area contributed by atoms with Crippen LogP contribution in [0.5, 0.6) is 0 Å². The van der Waals surface area contributed by atoms with Crippen molar-refractivity contribution in [2.24, 2.45) is 0 Å². The maximum atomic E-state index is 13.2. The molecule has 0 radical (unpaired) electrons. The maximum Gasteiger partial charge on any atom is 0.126 e. The first-order valence-corrected chi connectivity index (χ1v) is 7.79. The molecule has 1 saturated heterocycles. The van der Waals surface area contributed by atoms with Crippen LogP contribution in [0.15, 0.2) is 18.2 Å². The summed E-state index contributed by atoms with van der Waals surface area (Å²) in [5.41, 5.74) is 0.728. The van der Waals surface area contributed by atoms with E-state index in [2.05, 4.69) is 27.8 Å². The molecule has 2 atom stereocenters. The fraction of sp³-hybridized carbons (Fsp3) is 0.600. The number of likely N-dealkylation sites (tertiary alicyclic amines) is 1. The van der Waals surface area contributed by atoms with Crippen molar-refractivity contribution in [1.29, 1.82) is 0 Å². The zero-order chi connectivity index (χ0) is 13.8. The summed E-state index contributed by atoms with van der Waals surface area (Å²) in [6.45, 7) is 3.80. The van der Waals surface area contributed by atoms with Gasteiger partial charge in [0.1, 0.15) is 11.6 Å². The molecule has 106 valence electrons. The van der Waals surface area contributed by atoms with Gasteiger partial charge in [0.2, 0.25) is 0 Å². The third kappa shape index (κ3) is 4.53. The molecule has 1 heterocycles. The minimum absolute atomic E-state index is 0.474. The number of halogens is 3. The summed E-state index contributed by atoms with van der Waals surface area (Å²) in [7, 11) is 0. The minimum atomic E-state index is -0.489. The second-order valence-corrected chi connectivity index (χ2v) is 6.98. The van der Waals surface area contributed by atoms with Gasteiger partial charge in [-0.05, 0) is 43.5 Å². The maximum absolute atomic E-state index is 13.2. The van der Waals surface area contributed by atoms with Gasteiger partial charge in [-0.25, -0.2) is 8.78 Å². The third-order valence-electron chi connectivity index (χ3n) is 3.65. The lowest BCUT2D eigenvalue weighted by molar-refractivity contribution is 0.133. The molecule has 4 heteroatoms. The number of rotatable bonds is 4. The number of hydrogen-bond donors (Lipinski definition) is 0. The van der Waals surface area contributed by atoms with Crippen LogP contribution in [0, 0.1) is 11.6 Å². The predicted molar refractivity (Wildman–Crippen MR) is 77.4 cm³/mol. The number of alkyl halides is 1. The Kier molecular flexibility index (Phi) is 5.34.